The molecule has 0 unspecified atom stereocenters. The number of rotatable bonds is 4. The number of nitrogens with two attached hydrogens (primary N) is 1. The highest BCUT2D eigenvalue weighted by atomic mass is 35.5. The Kier molecular flexibility index (Phi) is 5.08. The third kappa shape index (κ3) is 4.33. The number of hydrogen-bond donors (Lipinski definition) is 3. The van der Waals surface area contributed by atoms with Crippen LogP contribution in [0.15, 0.2) is 23.4 Å². The molecule has 1 aliphatic rings. The standard InChI is InChI=1S/C13H18ClN3O3S/c14-12-7-9(13(15)17-18)1-2-10(12)8-16-11-3-5-21(19,20)6-4-11/h1-2,7,11,16,18H,3-6,8H2,(H2,15,17). The van der Waals surface area contributed by atoms with Crippen molar-refractivity contribution in [1.29, 1.82) is 0 Å². The summed E-state index contributed by atoms with van der Waals surface area (Å²) in [6, 6.07) is 5.36. The van der Waals surface area contributed by atoms with Crippen LogP contribution in [0.25, 0.3) is 0 Å². The molecule has 0 amide bonds. The second-order valence-corrected chi connectivity index (χ2v) is 7.81. The van der Waals surface area contributed by atoms with Gasteiger partial charge in [-0.1, -0.05) is 28.9 Å². The van der Waals surface area contributed by atoms with E-state index in [0.29, 0.717) is 30.0 Å². The number of amidine groups is 1. The molecule has 0 aromatic heterocycles. The highest BCUT2D eigenvalue weighted by Crippen LogP contribution is 2.19. The molecule has 1 saturated heterocycles. The van der Waals surface area contributed by atoms with Crippen LogP contribution in [0.5, 0.6) is 0 Å². The summed E-state index contributed by atoms with van der Waals surface area (Å²) < 4.78 is 22.7. The Labute approximate surface area is 128 Å². The molecule has 1 aromatic rings. The molecular weight excluding hydrogens is 314 g/mol. The molecule has 1 heterocycles. The maximum Gasteiger partial charge on any atom is 0.170 e. The summed E-state index contributed by atoms with van der Waals surface area (Å²) >= 11 is 6.17. The van der Waals surface area contributed by atoms with Gasteiger partial charge in [-0.2, -0.15) is 0 Å². The van der Waals surface area contributed by atoms with E-state index >= 15 is 0 Å². The molecule has 0 radical (unpaired) electrons. The molecule has 2 rings (SSSR count). The minimum Gasteiger partial charge on any atom is -0.409 e. The van der Waals surface area contributed by atoms with Crippen LogP contribution in [0.2, 0.25) is 5.02 Å². The van der Waals surface area contributed by atoms with Crippen LogP contribution < -0.4 is 11.1 Å². The third-order valence-electron chi connectivity index (χ3n) is 3.59. The monoisotopic (exact) mass is 331 g/mol. The van der Waals surface area contributed by atoms with Crippen molar-refractivity contribution < 1.29 is 13.6 Å². The fourth-order valence-corrected chi connectivity index (χ4v) is 3.99. The molecule has 21 heavy (non-hydrogen) atoms. The quantitative estimate of drug-likeness (QED) is 0.332. The van der Waals surface area contributed by atoms with Gasteiger partial charge in [0.2, 0.25) is 0 Å². The van der Waals surface area contributed by atoms with Gasteiger partial charge in [0.05, 0.1) is 11.5 Å². The van der Waals surface area contributed by atoms with Gasteiger partial charge in [0.1, 0.15) is 9.84 Å². The van der Waals surface area contributed by atoms with E-state index in [4.69, 9.17) is 22.5 Å². The van der Waals surface area contributed by atoms with Gasteiger partial charge < -0.3 is 16.3 Å². The molecule has 0 saturated carbocycles. The molecule has 0 bridgehead atoms. The van der Waals surface area contributed by atoms with Gasteiger partial charge >= 0.3 is 0 Å². The van der Waals surface area contributed by atoms with Gasteiger partial charge in [0, 0.05) is 23.2 Å². The first-order valence-corrected chi connectivity index (χ1v) is 8.81. The number of sulfone groups is 1. The first-order chi connectivity index (χ1) is 9.91. The summed E-state index contributed by atoms with van der Waals surface area (Å²) in [5.41, 5.74) is 6.94. The van der Waals surface area contributed by atoms with Gasteiger partial charge in [-0.3, -0.25) is 0 Å². The van der Waals surface area contributed by atoms with Gasteiger partial charge in [0.15, 0.2) is 5.84 Å². The normalized spacial score (nSPS) is 19.6. The molecule has 8 heteroatoms. The van der Waals surface area contributed by atoms with E-state index in [-0.39, 0.29) is 23.4 Å². The predicted octanol–water partition coefficient (Wildman–Crippen LogP) is 1.10. The first-order valence-electron chi connectivity index (χ1n) is 6.61. The fourth-order valence-electron chi connectivity index (χ4n) is 2.26. The van der Waals surface area contributed by atoms with Crippen molar-refractivity contribution in [3.63, 3.8) is 0 Å². The van der Waals surface area contributed by atoms with Crippen molar-refractivity contribution in [2.45, 2.75) is 25.4 Å². The fraction of sp³-hybridized carbons (Fsp3) is 0.462. The van der Waals surface area contributed by atoms with E-state index in [1.165, 1.54) is 0 Å². The lowest BCUT2D eigenvalue weighted by atomic mass is 10.1. The lowest BCUT2D eigenvalue weighted by Crippen LogP contribution is -2.37. The van der Waals surface area contributed by atoms with Crippen LogP contribution in [0.3, 0.4) is 0 Å². The molecule has 4 N–H and O–H groups in total. The topological polar surface area (TPSA) is 105 Å². The number of oxime groups is 1. The van der Waals surface area contributed by atoms with E-state index in [1.807, 2.05) is 6.07 Å². The van der Waals surface area contributed by atoms with Crippen LogP contribution in [-0.2, 0) is 16.4 Å². The van der Waals surface area contributed by atoms with Gasteiger partial charge in [-0.15, -0.1) is 0 Å². The lowest BCUT2D eigenvalue weighted by Gasteiger charge is -2.23. The summed E-state index contributed by atoms with van der Waals surface area (Å²) in [6.45, 7) is 0.556. The Balaban J connectivity index is 1.95. The molecule has 1 aliphatic heterocycles. The summed E-state index contributed by atoms with van der Waals surface area (Å²) in [5.74, 6) is 0.482. The molecule has 0 aliphatic carbocycles. The third-order valence-corrected chi connectivity index (χ3v) is 5.66. The maximum atomic E-state index is 11.4. The minimum absolute atomic E-state index is 0.00824. The Morgan fingerprint density at radius 2 is 2.10 bits per heavy atom. The second kappa shape index (κ2) is 6.64. The molecule has 116 valence electrons. The molecular formula is C13H18ClN3O3S. The van der Waals surface area contributed by atoms with Crippen molar-refractivity contribution in [1.82, 2.24) is 5.32 Å². The van der Waals surface area contributed by atoms with Crippen molar-refractivity contribution in [3.8, 4) is 0 Å². The highest BCUT2D eigenvalue weighted by Gasteiger charge is 2.23. The van der Waals surface area contributed by atoms with Crippen molar-refractivity contribution in [3.05, 3.63) is 34.3 Å². The Bertz CT molecular complexity index is 632. The zero-order valence-corrected chi connectivity index (χ0v) is 13.0. The average molecular weight is 332 g/mol. The van der Waals surface area contributed by atoms with E-state index in [1.54, 1.807) is 12.1 Å². The van der Waals surface area contributed by atoms with E-state index in [2.05, 4.69) is 10.5 Å². The number of hydrogen-bond acceptors (Lipinski definition) is 5. The Morgan fingerprint density at radius 3 is 2.67 bits per heavy atom. The number of nitrogens with one attached hydrogen (secondary N) is 1. The van der Waals surface area contributed by atoms with Crippen molar-refractivity contribution in [2.75, 3.05) is 11.5 Å². The van der Waals surface area contributed by atoms with Crippen molar-refractivity contribution >= 4 is 27.3 Å². The summed E-state index contributed by atoms with van der Waals surface area (Å²) in [7, 11) is -2.84. The molecule has 0 spiro atoms. The molecule has 0 atom stereocenters. The average Bonchev–Trinajstić information content (AvgIpc) is 2.46. The predicted molar refractivity (Wildman–Crippen MR) is 82.5 cm³/mol. The van der Waals surface area contributed by atoms with E-state index in [9.17, 15) is 8.42 Å². The van der Waals surface area contributed by atoms with Gasteiger partial charge in [0.25, 0.3) is 0 Å². The van der Waals surface area contributed by atoms with Crippen LogP contribution in [0.1, 0.15) is 24.0 Å². The maximum absolute atomic E-state index is 11.4. The second-order valence-electron chi connectivity index (χ2n) is 5.10. The lowest BCUT2D eigenvalue weighted by molar-refractivity contribution is 0.318. The summed E-state index contributed by atoms with van der Waals surface area (Å²) in [4.78, 5) is 0. The Hall–Kier alpha value is -1.31. The highest BCUT2D eigenvalue weighted by molar-refractivity contribution is 7.91. The number of nitrogens with zero attached hydrogens (tertiary/aromatic N) is 1. The molecule has 1 aromatic carbocycles. The summed E-state index contributed by atoms with van der Waals surface area (Å²) in [6.07, 6.45) is 1.25. The van der Waals surface area contributed by atoms with Crippen molar-refractivity contribution in [2.24, 2.45) is 10.9 Å². The smallest absolute Gasteiger partial charge is 0.170 e. The van der Waals surface area contributed by atoms with Crippen LogP contribution in [0.4, 0.5) is 0 Å². The molecule has 1 fully saturated rings. The van der Waals surface area contributed by atoms with Crippen LogP contribution in [0, 0.1) is 0 Å². The largest absolute Gasteiger partial charge is 0.409 e. The van der Waals surface area contributed by atoms with Gasteiger partial charge in [-0.05, 0) is 24.5 Å². The van der Waals surface area contributed by atoms with E-state index < -0.39 is 9.84 Å². The van der Waals surface area contributed by atoms with Gasteiger partial charge in [-0.25, -0.2) is 8.42 Å². The molecule has 6 nitrogen and oxygen atoms in total. The zero-order chi connectivity index (χ0) is 15.5. The SMILES string of the molecule is N/C(=N/O)c1ccc(CNC2CCS(=O)(=O)CC2)c(Cl)c1. The first kappa shape index (κ1) is 16.1. The Morgan fingerprint density at radius 1 is 1.43 bits per heavy atom. The zero-order valence-electron chi connectivity index (χ0n) is 11.4. The number of benzene rings is 1. The number of halogens is 1. The van der Waals surface area contributed by atoms with Crippen LogP contribution >= 0.6 is 11.6 Å². The minimum atomic E-state index is -2.84. The van der Waals surface area contributed by atoms with Crippen LogP contribution in [-0.4, -0.2) is 37.0 Å². The van der Waals surface area contributed by atoms with E-state index in [0.717, 1.165) is 5.56 Å². The summed E-state index contributed by atoms with van der Waals surface area (Å²) in [5, 5.41) is 15.4.